The van der Waals surface area contributed by atoms with Gasteiger partial charge in [-0.15, -0.1) is 0 Å². The zero-order valence-corrected chi connectivity index (χ0v) is 11.8. The van der Waals surface area contributed by atoms with Gasteiger partial charge in [0.05, 0.1) is 4.92 Å². The zero-order valence-electron chi connectivity index (χ0n) is 11.1. The van der Waals surface area contributed by atoms with Crippen molar-refractivity contribution in [3.63, 3.8) is 0 Å². The number of halogens is 2. The largest absolute Gasteiger partial charge is 0.384 e. The van der Waals surface area contributed by atoms with Crippen molar-refractivity contribution in [2.75, 3.05) is 5.73 Å². The third kappa shape index (κ3) is 2.57. The first-order valence-corrected chi connectivity index (χ1v) is 6.19. The molecule has 1 aromatic carbocycles. The monoisotopic (exact) mass is 333 g/mol. The molecule has 0 saturated carbocycles. The number of pyridine rings is 1. The normalized spacial score (nSPS) is 9.91. The van der Waals surface area contributed by atoms with Gasteiger partial charge in [-0.1, -0.05) is 11.6 Å². The molecule has 0 bridgehead atoms. The molecule has 2 rings (SSSR count). The molecule has 0 aliphatic heterocycles. The lowest BCUT2D eigenvalue weighted by molar-refractivity contribution is -0.384. The molecule has 0 unspecified atom stereocenters. The third-order valence-corrected chi connectivity index (χ3v) is 3.27. The molecule has 0 aliphatic rings. The molecule has 0 fully saturated rings. The van der Waals surface area contributed by atoms with Gasteiger partial charge in [0.15, 0.2) is 0 Å². The molecule has 3 N–H and O–H groups in total. The van der Waals surface area contributed by atoms with Crippen LogP contribution in [0.5, 0.6) is 0 Å². The maximum absolute atomic E-state index is 14.2. The summed E-state index contributed by atoms with van der Waals surface area (Å²) in [6.45, 7) is 0. The van der Waals surface area contributed by atoms with E-state index in [2.05, 4.69) is 4.98 Å². The Morgan fingerprint density at radius 3 is 2.43 bits per heavy atom. The summed E-state index contributed by atoms with van der Waals surface area (Å²) in [6, 6.07) is 4.58. The van der Waals surface area contributed by atoms with E-state index in [-0.39, 0.29) is 11.4 Å². The topological polar surface area (TPSA) is 150 Å². The Bertz CT molecular complexity index is 987. The van der Waals surface area contributed by atoms with Crippen molar-refractivity contribution in [2.24, 2.45) is 0 Å². The second-order valence-electron chi connectivity index (χ2n) is 4.26. The second-order valence-corrected chi connectivity index (χ2v) is 4.66. The number of nitrogens with one attached hydrogen (secondary N) is 1. The van der Waals surface area contributed by atoms with E-state index in [4.69, 9.17) is 27.9 Å². The standard InChI is InChI=1S/C13H5ClFN5O3/c14-8-2-9(15)5(1-10(8)20(22)23)11-6(3-16)12(18)19-13(21)7(11)4-17/h1-2H,(H3,18,19,21). The van der Waals surface area contributed by atoms with Crippen molar-refractivity contribution in [2.45, 2.75) is 0 Å². The molecule has 0 saturated heterocycles. The Kier molecular flexibility index (Phi) is 3.99. The highest BCUT2D eigenvalue weighted by Gasteiger charge is 2.24. The van der Waals surface area contributed by atoms with Gasteiger partial charge in [0.2, 0.25) is 0 Å². The summed E-state index contributed by atoms with van der Waals surface area (Å²) in [6.07, 6.45) is 0. The molecule has 23 heavy (non-hydrogen) atoms. The minimum absolute atomic E-state index is 0.378. The number of aromatic amines is 1. The number of nitro groups is 1. The molecule has 10 heteroatoms. The molecular formula is C13H5ClFN5O3. The van der Waals surface area contributed by atoms with Crippen LogP contribution in [0.3, 0.4) is 0 Å². The van der Waals surface area contributed by atoms with Crippen LogP contribution in [0, 0.1) is 38.6 Å². The van der Waals surface area contributed by atoms with Gasteiger partial charge in [0.25, 0.3) is 11.2 Å². The Morgan fingerprint density at radius 2 is 1.91 bits per heavy atom. The van der Waals surface area contributed by atoms with Gasteiger partial charge in [-0.3, -0.25) is 14.9 Å². The predicted octanol–water partition coefficient (Wildman–Crippen LogP) is 2.07. The van der Waals surface area contributed by atoms with Crippen molar-refractivity contribution in [3.05, 3.63) is 54.6 Å². The lowest BCUT2D eigenvalue weighted by Crippen LogP contribution is -2.16. The van der Waals surface area contributed by atoms with Gasteiger partial charge < -0.3 is 10.7 Å². The number of hydrogen-bond acceptors (Lipinski definition) is 6. The average Bonchev–Trinajstić information content (AvgIpc) is 2.46. The van der Waals surface area contributed by atoms with Gasteiger partial charge in [-0.25, -0.2) is 4.39 Å². The molecule has 2 aromatic rings. The number of aromatic nitrogens is 1. The zero-order chi connectivity index (χ0) is 17.3. The van der Waals surface area contributed by atoms with E-state index in [9.17, 15) is 19.3 Å². The molecular weight excluding hydrogens is 329 g/mol. The maximum atomic E-state index is 14.2. The van der Waals surface area contributed by atoms with Crippen LogP contribution in [0.2, 0.25) is 5.02 Å². The van der Waals surface area contributed by atoms with Crippen molar-refractivity contribution in [3.8, 4) is 23.3 Å². The summed E-state index contributed by atoms with van der Waals surface area (Å²) in [7, 11) is 0. The minimum Gasteiger partial charge on any atom is -0.384 e. The van der Waals surface area contributed by atoms with Gasteiger partial charge in [0.1, 0.15) is 39.9 Å². The van der Waals surface area contributed by atoms with Gasteiger partial charge in [-0.2, -0.15) is 10.5 Å². The summed E-state index contributed by atoms with van der Waals surface area (Å²) >= 11 is 5.59. The highest BCUT2D eigenvalue weighted by atomic mass is 35.5. The van der Waals surface area contributed by atoms with E-state index in [0.717, 1.165) is 6.07 Å². The number of anilines is 1. The highest BCUT2D eigenvalue weighted by Crippen LogP contribution is 2.36. The summed E-state index contributed by atoms with van der Waals surface area (Å²) in [5, 5.41) is 28.7. The Balaban J connectivity index is 3.02. The number of nitrogens with two attached hydrogens (primary N) is 1. The van der Waals surface area contributed by atoms with Crippen molar-refractivity contribution in [1.29, 1.82) is 10.5 Å². The smallest absolute Gasteiger partial charge is 0.288 e. The van der Waals surface area contributed by atoms with E-state index < -0.39 is 43.7 Å². The fourth-order valence-corrected chi connectivity index (χ4v) is 2.20. The first-order chi connectivity index (χ1) is 10.8. The third-order valence-electron chi connectivity index (χ3n) is 2.97. The van der Waals surface area contributed by atoms with Crippen LogP contribution in [0.15, 0.2) is 16.9 Å². The van der Waals surface area contributed by atoms with Crippen LogP contribution in [0.1, 0.15) is 11.1 Å². The molecule has 1 heterocycles. The highest BCUT2D eigenvalue weighted by molar-refractivity contribution is 6.32. The molecule has 0 aliphatic carbocycles. The van der Waals surface area contributed by atoms with Crippen molar-refractivity contribution >= 4 is 23.1 Å². The average molecular weight is 334 g/mol. The Morgan fingerprint density at radius 1 is 1.30 bits per heavy atom. The quantitative estimate of drug-likeness (QED) is 0.634. The lowest BCUT2D eigenvalue weighted by Gasteiger charge is -2.10. The van der Waals surface area contributed by atoms with Crippen LogP contribution < -0.4 is 11.3 Å². The van der Waals surface area contributed by atoms with E-state index in [1.165, 1.54) is 6.07 Å². The summed E-state index contributed by atoms with van der Waals surface area (Å²) in [5.41, 5.74) is 2.02. The summed E-state index contributed by atoms with van der Waals surface area (Å²) in [4.78, 5) is 23.9. The van der Waals surface area contributed by atoms with Crippen LogP contribution in [0.4, 0.5) is 15.9 Å². The van der Waals surface area contributed by atoms with Crippen molar-refractivity contribution in [1.82, 2.24) is 4.98 Å². The summed E-state index contributed by atoms with van der Waals surface area (Å²) in [5.74, 6) is -1.43. The first kappa shape index (κ1) is 15.9. The molecule has 8 nitrogen and oxygen atoms in total. The lowest BCUT2D eigenvalue weighted by atomic mass is 9.96. The molecule has 0 spiro atoms. The number of nitriles is 2. The molecule has 0 radical (unpaired) electrons. The van der Waals surface area contributed by atoms with Gasteiger partial charge >= 0.3 is 0 Å². The Hall–Kier alpha value is -3.43. The van der Waals surface area contributed by atoms with Crippen LogP contribution in [-0.2, 0) is 0 Å². The number of hydrogen-bond donors (Lipinski definition) is 2. The predicted molar refractivity (Wildman–Crippen MR) is 78.0 cm³/mol. The number of benzene rings is 1. The molecule has 0 atom stereocenters. The minimum atomic E-state index is -1.04. The SMILES string of the molecule is N#Cc1c(N)[nH]c(=O)c(C#N)c1-c1cc([N+](=O)[O-])c(Cl)cc1F. The fraction of sp³-hybridized carbons (Fsp3) is 0. The van der Waals surface area contributed by atoms with Crippen LogP contribution in [-0.4, -0.2) is 9.91 Å². The van der Waals surface area contributed by atoms with E-state index in [1.807, 2.05) is 0 Å². The number of nitrogen functional groups attached to an aromatic ring is 1. The van der Waals surface area contributed by atoms with Crippen LogP contribution in [0.25, 0.3) is 11.1 Å². The number of nitrogens with zero attached hydrogens (tertiary/aromatic N) is 3. The first-order valence-electron chi connectivity index (χ1n) is 5.81. The maximum Gasteiger partial charge on any atom is 0.288 e. The Labute approximate surface area is 132 Å². The molecule has 0 amide bonds. The van der Waals surface area contributed by atoms with E-state index >= 15 is 0 Å². The van der Waals surface area contributed by atoms with Gasteiger partial charge in [-0.05, 0) is 0 Å². The number of nitro benzene ring substituents is 1. The van der Waals surface area contributed by atoms with Crippen molar-refractivity contribution < 1.29 is 9.31 Å². The number of rotatable bonds is 2. The van der Waals surface area contributed by atoms with Crippen LogP contribution >= 0.6 is 11.6 Å². The number of H-pyrrole nitrogens is 1. The van der Waals surface area contributed by atoms with E-state index in [1.54, 1.807) is 6.07 Å². The summed E-state index contributed by atoms with van der Waals surface area (Å²) < 4.78 is 14.2. The fourth-order valence-electron chi connectivity index (χ4n) is 1.98. The van der Waals surface area contributed by atoms with Gasteiger partial charge in [0, 0.05) is 23.3 Å². The second kappa shape index (κ2) is 5.75. The van der Waals surface area contributed by atoms with E-state index in [0.29, 0.717) is 6.07 Å². The molecule has 114 valence electrons. The molecule has 1 aromatic heterocycles.